The molecule has 2 fully saturated rings. The number of rotatable bonds is 6. The van der Waals surface area contributed by atoms with E-state index in [4.69, 9.17) is 9.47 Å². The van der Waals surface area contributed by atoms with Gasteiger partial charge in [0.05, 0.1) is 0 Å². The van der Waals surface area contributed by atoms with Crippen molar-refractivity contribution in [1.29, 1.82) is 0 Å². The van der Waals surface area contributed by atoms with Gasteiger partial charge in [-0.25, -0.2) is 0 Å². The second-order valence-electron chi connectivity index (χ2n) is 12.3. The van der Waals surface area contributed by atoms with E-state index in [9.17, 15) is 5.11 Å². The summed E-state index contributed by atoms with van der Waals surface area (Å²) in [7, 11) is 3.48. The zero-order valence-corrected chi connectivity index (χ0v) is 22.7. The number of fused-ring (bicyclic) bond motifs is 1. The molecule has 196 valence electrons. The van der Waals surface area contributed by atoms with Crippen LogP contribution in [0.2, 0.25) is 0 Å². The predicted octanol–water partition coefficient (Wildman–Crippen LogP) is 7.14. The van der Waals surface area contributed by atoms with Crippen LogP contribution in [0.4, 0.5) is 5.69 Å². The molecule has 0 spiro atoms. The van der Waals surface area contributed by atoms with Crippen molar-refractivity contribution in [3.05, 3.63) is 59.2 Å². The highest BCUT2D eigenvalue weighted by atomic mass is 16.7. The van der Waals surface area contributed by atoms with E-state index in [0.29, 0.717) is 28.9 Å². The zero-order chi connectivity index (χ0) is 25.3. The summed E-state index contributed by atoms with van der Waals surface area (Å²) in [6, 6.07) is 15.6. The Morgan fingerprint density at radius 3 is 2.19 bits per heavy atom. The number of methoxy groups -OCH3 is 2. The second kappa shape index (κ2) is 10.8. The third-order valence-electron chi connectivity index (χ3n) is 9.63. The van der Waals surface area contributed by atoms with E-state index in [2.05, 4.69) is 49.1 Å². The molecule has 2 atom stereocenters. The van der Waals surface area contributed by atoms with E-state index in [-0.39, 0.29) is 6.29 Å². The number of aryl methyl sites for hydroxylation is 1. The monoisotopic (exact) mass is 491 g/mol. The molecule has 0 amide bonds. The van der Waals surface area contributed by atoms with Gasteiger partial charge in [-0.05, 0) is 110 Å². The van der Waals surface area contributed by atoms with Gasteiger partial charge in [-0.3, -0.25) is 0 Å². The molecule has 4 nitrogen and oxygen atoms in total. The summed E-state index contributed by atoms with van der Waals surface area (Å²) in [6.45, 7) is 6.95. The van der Waals surface area contributed by atoms with Crippen LogP contribution >= 0.6 is 0 Å². The third kappa shape index (κ3) is 5.31. The lowest BCUT2D eigenvalue weighted by Gasteiger charge is -2.44. The Morgan fingerprint density at radius 1 is 0.889 bits per heavy atom. The van der Waals surface area contributed by atoms with Crippen molar-refractivity contribution in [3.63, 3.8) is 0 Å². The number of piperidine rings is 1. The lowest BCUT2D eigenvalue weighted by molar-refractivity contribution is -0.141. The van der Waals surface area contributed by atoms with E-state index in [0.717, 1.165) is 38.3 Å². The summed E-state index contributed by atoms with van der Waals surface area (Å²) < 4.78 is 11.0. The normalized spacial score (nSPS) is 25.2. The molecule has 1 saturated carbocycles. The molecule has 1 saturated heterocycles. The average molecular weight is 492 g/mol. The Balaban J connectivity index is 1.36. The summed E-state index contributed by atoms with van der Waals surface area (Å²) in [5, 5.41) is 10.2. The van der Waals surface area contributed by atoms with Crippen LogP contribution in [0.5, 0.6) is 5.75 Å². The maximum atomic E-state index is 10.2. The Hall–Kier alpha value is -2.04. The van der Waals surface area contributed by atoms with Gasteiger partial charge in [-0.2, -0.15) is 0 Å². The van der Waals surface area contributed by atoms with Gasteiger partial charge in [-0.1, -0.05) is 32.0 Å². The summed E-state index contributed by atoms with van der Waals surface area (Å²) >= 11 is 0. The third-order valence-corrected chi connectivity index (χ3v) is 9.63. The van der Waals surface area contributed by atoms with Gasteiger partial charge >= 0.3 is 0 Å². The van der Waals surface area contributed by atoms with Gasteiger partial charge < -0.3 is 19.5 Å². The lowest BCUT2D eigenvalue weighted by Crippen LogP contribution is -2.39. The maximum absolute atomic E-state index is 10.2. The Labute approximate surface area is 218 Å². The zero-order valence-electron chi connectivity index (χ0n) is 22.7. The molecule has 1 heterocycles. The lowest BCUT2D eigenvalue weighted by atomic mass is 9.61. The van der Waals surface area contributed by atoms with Gasteiger partial charge in [0.25, 0.3) is 0 Å². The van der Waals surface area contributed by atoms with Crippen molar-refractivity contribution >= 4 is 5.69 Å². The highest BCUT2D eigenvalue weighted by molar-refractivity contribution is 5.51. The topological polar surface area (TPSA) is 41.9 Å². The minimum absolute atomic E-state index is 0.0948. The van der Waals surface area contributed by atoms with Crippen molar-refractivity contribution in [2.24, 2.45) is 23.2 Å². The smallest absolute Gasteiger partial charge is 0.159 e. The Morgan fingerprint density at radius 2 is 1.56 bits per heavy atom. The van der Waals surface area contributed by atoms with Crippen molar-refractivity contribution < 1.29 is 14.6 Å². The summed E-state index contributed by atoms with van der Waals surface area (Å²) in [6.07, 6.45) is 9.76. The van der Waals surface area contributed by atoms with Crippen LogP contribution in [0.3, 0.4) is 0 Å². The number of ether oxygens (including phenoxy) is 2. The van der Waals surface area contributed by atoms with Crippen molar-refractivity contribution in [3.8, 4) is 5.75 Å². The SMILES string of the molecule is COC(OC)C1CCN(c2ccc([C@@H]3c4ccc(O)cc4CC[C@@H]3C3CCC(C)(C)CC3)cc2)CC1. The molecule has 1 aliphatic heterocycles. The average Bonchev–Trinajstić information content (AvgIpc) is 2.89. The van der Waals surface area contributed by atoms with Crippen molar-refractivity contribution in [2.45, 2.75) is 77.4 Å². The molecule has 0 radical (unpaired) electrons. The van der Waals surface area contributed by atoms with E-state index in [1.165, 1.54) is 54.5 Å². The highest BCUT2D eigenvalue weighted by Gasteiger charge is 2.39. The van der Waals surface area contributed by atoms with Crippen molar-refractivity contribution in [1.82, 2.24) is 0 Å². The number of anilines is 1. The minimum atomic E-state index is -0.0948. The molecule has 1 N–H and O–H groups in total. The van der Waals surface area contributed by atoms with E-state index < -0.39 is 0 Å². The van der Waals surface area contributed by atoms with Gasteiger partial charge in [-0.15, -0.1) is 0 Å². The molecule has 3 aliphatic rings. The standard InChI is InChI=1S/C32H45NO3/c1-32(2)17-13-22(14-18-32)28-11-7-25-21-27(34)10-12-29(25)30(28)23-5-8-26(9-6-23)33-19-15-24(16-20-33)31(35-3)36-4/h5-6,8-10,12,21-22,24,28,30-31,34H,7,11,13-20H2,1-4H3/t28-,30+/m1/s1. The predicted molar refractivity (Wildman–Crippen MR) is 147 cm³/mol. The fourth-order valence-corrected chi connectivity index (χ4v) is 7.42. The van der Waals surface area contributed by atoms with Gasteiger partial charge in [0.15, 0.2) is 6.29 Å². The molecule has 36 heavy (non-hydrogen) atoms. The number of hydrogen-bond acceptors (Lipinski definition) is 4. The number of aromatic hydroxyl groups is 1. The van der Waals surface area contributed by atoms with Crippen LogP contribution in [0.25, 0.3) is 0 Å². The van der Waals surface area contributed by atoms with Crippen molar-refractivity contribution in [2.75, 3.05) is 32.2 Å². The maximum Gasteiger partial charge on any atom is 0.159 e. The molecule has 0 aromatic heterocycles. The first-order valence-corrected chi connectivity index (χ1v) is 14.1. The molecule has 0 unspecified atom stereocenters. The first-order chi connectivity index (χ1) is 17.4. The molecular weight excluding hydrogens is 446 g/mol. The Kier molecular flexibility index (Phi) is 7.65. The van der Waals surface area contributed by atoms with Gasteiger partial charge in [0.2, 0.25) is 0 Å². The number of phenols is 1. The van der Waals surface area contributed by atoms with E-state index in [1.807, 2.05) is 12.1 Å². The summed E-state index contributed by atoms with van der Waals surface area (Å²) in [4.78, 5) is 2.51. The molecule has 2 aromatic carbocycles. The molecule has 2 aromatic rings. The van der Waals surface area contributed by atoms with E-state index >= 15 is 0 Å². The summed E-state index contributed by atoms with van der Waals surface area (Å²) in [5.74, 6) is 2.75. The van der Waals surface area contributed by atoms with Crippen LogP contribution in [-0.2, 0) is 15.9 Å². The van der Waals surface area contributed by atoms with Gasteiger partial charge in [0, 0.05) is 44.8 Å². The number of phenolic OH excluding ortho intramolecular Hbond substituents is 1. The Bertz CT molecular complexity index is 995. The van der Waals surface area contributed by atoms with Crippen LogP contribution in [0.15, 0.2) is 42.5 Å². The minimum Gasteiger partial charge on any atom is -0.508 e. The summed E-state index contributed by atoms with van der Waals surface area (Å²) in [5.41, 5.74) is 6.03. The number of nitrogens with zero attached hydrogens (tertiary/aromatic N) is 1. The van der Waals surface area contributed by atoms with Crippen LogP contribution in [0.1, 0.15) is 81.4 Å². The molecule has 5 rings (SSSR count). The van der Waals surface area contributed by atoms with Gasteiger partial charge in [0.1, 0.15) is 5.75 Å². The quantitative estimate of drug-likeness (QED) is 0.436. The second-order valence-corrected chi connectivity index (χ2v) is 12.3. The molecule has 4 heteroatoms. The van der Waals surface area contributed by atoms with Crippen LogP contribution in [-0.4, -0.2) is 38.7 Å². The van der Waals surface area contributed by atoms with Crippen LogP contribution in [0, 0.1) is 23.2 Å². The molecule has 2 aliphatic carbocycles. The number of hydrogen-bond donors (Lipinski definition) is 1. The van der Waals surface area contributed by atoms with E-state index in [1.54, 1.807) is 14.2 Å². The fourth-order valence-electron chi connectivity index (χ4n) is 7.42. The number of benzene rings is 2. The molecule has 0 bridgehead atoms. The van der Waals surface area contributed by atoms with Crippen LogP contribution < -0.4 is 4.90 Å². The first kappa shape index (κ1) is 25.6. The largest absolute Gasteiger partial charge is 0.508 e. The molecular formula is C32H45NO3. The fraction of sp³-hybridized carbons (Fsp3) is 0.625. The first-order valence-electron chi connectivity index (χ1n) is 14.1. The highest BCUT2D eigenvalue weighted by Crippen LogP contribution is 2.51.